The monoisotopic (exact) mass is 217 g/mol. The number of hydrogen-bond acceptors (Lipinski definition) is 5. The molecule has 1 saturated carbocycles. The van der Waals surface area contributed by atoms with E-state index in [1.54, 1.807) is 6.92 Å². The van der Waals surface area contributed by atoms with Crippen LogP contribution in [0.1, 0.15) is 13.3 Å². The average molecular weight is 217 g/mol. The molecule has 1 rings (SSSR count). The van der Waals surface area contributed by atoms with Crippen molar-refractivity contribution in [2.75, 3.05) is 6.61 Å². The van der Waals surface area contributed by atoms with Crippen LogP contribution >= 0.6 is 0 Å². The van der Waals surface area contributed by atoms with E-state index in [-0.39, 0.29) is 13.0 Å². The molecule has 0 aromatic rings. The molecule has 0 aromatic heterocycles. The van der Waals surface area contributed by atoms with Gasteiger partial charge >= 0.3 is 6.09 Å². The lowest BCUT2D eigenvalue weighted by molar-refractivity contribution is -0.497. The number of nitro groups is 1. The third-order valence-electron chi connectivity index (χ3n) is 1.93. The number of hydrogen-bond donors (Lipinski definition) is 2. The number of carbonyl (C=O) groups is 2. The molecule has 84 valence electrons. The minimum atomic E-state index is -0.825. The summed E-state index contributed by atoms with van der Waals surface area (Å²) in [4.78, 5) is 31.6. The van der Waals surface area contributed by atoms with Crippen LogP contribution in [0.5, 0.6) is 0 Å². The summed E-state index contributed by atoms with van der Waals surface area (Å²) >= 11 is 0. The lowest BCUT2D eigenvalue weighted by Crippen LogP contribution is -2.43. The SMILES string of the molecule is CCOC(=O)NNC(=O)C1CC1[N+](=O)[O-]. The zero-order valence-electron chi connectivity index (χ0n) is 8.06. The van der Waals surface area contributed by atoms with Crippen LogP contribution in [-0.2, 0) is 9.53 Å². The van der Waals surface area contributed by atoms with E-state index in [1.165, 1.54) is 0 Å². The Hall–Kier alpha value is -1.86. The van der Waals surface area contributed by atoms with E-state index in [4.69, 9.17) is 0 Å². The highest BCUT2D eigenvalue weighted by Gasteiger charge is 2.53. The van der Waals surface area contributed by atoms with Crippen molar-refractivity contribution < 1.29 is 19.2 Å². The van der Waals surface area contributed by atoms with Gasteiger partial charge in [-0.2, -0.15) is 0 Å². The Bertz CT molecular complexity index is 292. The van der Waals surface area contributed by atoms with Gasteiger partial charge < -0.3 is 4.74 Å². The molecule has 0 saturated heterocycles. The van der Waals surface area contributed by atoms with E-state index < -0.39 is 28.9 Å². The first-order valence-electron chi connectivity index (χ1n) is 4.42. The summed E-state index contributed by atoms with van der Waals surface area (Å²) in [5, 5.41) is 10.2. The molecular formula is C7H11N3O5. The predicted octanol–water partition coefficient (Wildman–Crippen LogP) is -0.571. The first kappa shape index (κ1) is 11.2. The highest BCUT2D eigenvalue weighted by atomic mass is 16.6. The third-order valence-corrected chi connectivity index (χ3v) is 1.93. The van der Waals surface area contributed by atoms with E-state index >= 15 is 0 Å². The van der Waals surface area contributed by atoms with E-state index in [9.17, 15) is 19.7 Å². The van der Waals surface area contributed by atoms with E-state index in [0.29, 0.717) is 0 Å². The Balaban J connectivity index is 2.21. The zero-order valence-corrected chi connectivity index (χ0v) is 8.06. The van der Waals surface area contributed by atoms with E-state index in [0.717, 1.165) is 0 Å². The normalized spacial score (nSPS) is 22.7. The lowest BCUT2D eigenvalue weighted by Gasteiger charge is -2.05. The fourth-order valence-electron chi connectivity index (χ4n) is 1.07. The zero-order chi connectivity index (χ0) is 11.4. The van der Waals surface area contributed by atoms with Gasteiger partial charge in [0.25, 0.3) is 0 Å². The van der Waals surface area contributed by atoms with Gasteiger partial charge in [0.2, 0.25) is 11.9 Å². The maximum Gasteiger partial charge on any atom is 0.426 e. The van der Waals surface area contributed by atoms with Gasteiger partial charge in [0.05, 0.1) is 6.61 Å². The highest BCUT2D eigenvalue weighted by Crippen LogP contribution is 2.32. The average Bonchev–Trinajstić information content (AvgIpc) is 2.94. The van der Waals surface area contributed by atoms with Crippen molar-refractivity contribution in [3.63, 3.8) is 0 Å². The van der Waals surface area contributed by atoms with Crippen molar-refractivity contribution in [1.29, 1.82) is 0 Å². The van der Waals surface area contributed by atoms with Gasteiger partial charge in [-0.25, -0.2) is 10.2 Å². The van der Waals surface area contributed by atoms with E-state index in [2.05, 4.69) is 4.74 Å². The molecule has 1 fully saturated rings. The largest absolute Gasteiger partial charge is 0.449 e. The standard InChI is InChI=1S/C7H11N3O5/c1-2-15-7(12)9-8-6(11)4-3-5(4)10(13)14/h4-5H,2-3H2,1H3,(H,8,11)(H,9,12). The fraction of sp³-hybridized carbons (Fsp3) is 0.714. The van der Waals surface area contributed by atoms with Crippen LogP contribution in [0.15, 0.2) is 0 Å². The molecule has 0 bridgehead atoms. The van der Waals surface area contributed by atoms with Crippen molar-refractivity contribution in [3.05, 3.63) is 10.1 Å². The minimum absolute atomic E-state index is 0.183. The summed E-state index contributed by atoms with van der Waals surface area (Å²) in [5.74, 6) is -1.22. The van der Waals surface area contributed by atoms with Crippen LogP contribution < -0.4 is 10.9 Å². The second-order valence-electron chi connectivity index (χ2n) is 3.03. The van der Waals surface area contributed by atoms with Crippen LogP contribution in [0.4, 0.5) is 4.79 Å². The molecule has 0 spiro atoms. The topological polar surface area (TPSA) is 111 Å². The quantitative estimate of drug-likeness (QED) is 0.485. The maximum absolute atomic E-state index is 11.1. The molecule has 2 atom stereocenters. The molecule has 0 heterocycles. The summed E-state index contributed by atoms with van der Waals surface area (Å²) in [6.07, 6.45) is -0.576. The van der Waals surface area contributed by atoms with Gasteiger partial charge in [0.1, 0.15) is 5.92 Å². The number of rotatable bonds is 3. The molecule has 2 amide bonds. The molecule has 0 aliphatic heterocycles. The summed E-state index contributed by atoms with van der Waals surface area (Å²) in [7, 11) is 0. The number of carbonyl (C=O) groups excluding carboxylic acids is 2. The Labute approximate surface area is 85.1 Å². The van der Waals surface area contributed by atoms with Crippen LogP contribution in [-0.4, -0.2) is 29.6 Å². The van der Waals surface area contributed by atoms with Gasteiger partial charge in [0, 0.05) is 11.3 Å². The maximum atomic E-state index is 11.1. The Morgan fingerprint density at radius 3 is 2.67 bits per heavy atom. The van der Waals surface area contributed by atoms with Crippen molar-refractivity contribution in [2.45, 2.75) is 19.4 Å². The molecular weight excluding hydrogens is 206 g/mol. The molecule has 1 aliphatic carbocycles. The molecule has 2 N–H and O–H groups in total. The number of ether oxygens (including phenoxy) is 1. The molecule has 1 aliphatic rings. The summed E-state index contributed by atoms with van der Waals surface area (Å²) in [6.45, 7) is 1.80. The van der Waals surface area contributed by atoms with Crippen LogP contribution in [0.2, 0.25) is 0 Å². The molecule has 2 unspecified atom stereocenters. The number of amides is 2. The number of nitrogens with one attached hydrogen (secondary N) is 2. The minimum Gasteiger partial charge on any atom is -0.449 e. The summed E-state index contributed by atoms with van der Waals surface area (Å²) in [6, 6.07) is -0.825. The second-order valence-corrected chi connectivity index (χ2v) is 3.03. The van der Waals surface area contributed by atoms with Crippen LogP contribution in [0.3, 0.4) is 0 Å². The van der Waals surface area contributed by atoms with Crippen molar-refractivity contribution in [1.82, 2.24) is 10.9 Å². The second kappa shape index (κ2) is 4.58. The molecule has 8 nitrogen and oxygen atoms in total. The molecule has 8 heteroatoms. The van der Waals surface area contributed by atoms with Crippen LogP contribution in [0.25, 0.3) is 0 Å². The lowest BCUT2D eigenvalue weighted by atomic mass is 10.4. The Kier molecular flexibility index (Phi) is 3.42. The van der Waals surface area contributed by atoms with Gasteiger partial charge in [0.15, 0.2) is 0 Å². The predicted molar refractivity (Wildman–Crippen MR) is 47.2 cm³/mol. The van der Waals surface area contributed by atoms with Crippen molar-refractivity contribution in [3.8, 4) is 0 Å². The van der Waals surface area contributed by atoms with E-state index in [1.807, 2.05) is 10.9 Å². The van der Waals surface area contributed by atoms with Gasteiger partial charge in [-0.15, -0.1) is 0 Å². The smallest absolute Gasteiger partial charge is 0.426 e. The molecule has 0 radical (unpaired) electrons. The summed E-state index contributed by atoms with van der Waals surface area (Å²) in [5.41, 5.74) is 4.03. The highest BCUT2D eigenvalue weighted by molar-refractivity contribution is 5.83. The van der Waals surface area contributed by atoms with Gasteiger partial charge in [-0.05, 0) is 6.92 Å². The first-order chi connectivity index (χ1) is 7.06. The number of nitrogens with zero attached hydrogens (tertiary/aromatic N) is 1. The third kappa shape index (κ3) is 3.08. The molecule has 0 aromatic carbocycles. The van der Waals surface area contributed by atoms with Gasteiger partial charge in [-0.3, -0.25) is 20.3 Å². The summed E-state index contributed by atoms with van der Waals surface area (Å²) < 4.78 is 4.47. The Morgan fingerprint density at radius 2 is 2.20 bits per heavy atom. The Morgan fingerprint density at radius 1 is 1.53 bits per heavy atom. The first-order valence-corrected chi connectivity index (χ1v) is 4.42. The fourth-order valence-corrected chi connectivity index (χ4v) is 1.07. The number of hydrazine groups is 1. The van der Waals surface area contributed by atoms with Crippen molar-refractivity contribution in [2.24, 2.45) is 5.92 Å². The molecule has 15 heavy (non-hydrogen) atoms. The van der Waals surface area contributed by atoms with Crippen LogP contribution in [0, 0.1) is 16.0 Å². The van der Waals surface area contributed by atoms with Crippen molar-refractivity contribution >= 4 is 12.0 Å². The van der Waals surface area contributed by atoms with Gasteiger partial charge in [-0.1, -0.05) is 0 Å².